The van der Waals surface area contributed by atoms with Gasteiger partial charge in [-0.15, -0.1) is 0 Å². The quantitative estimate of drug-likeness (QED) is 0.570. The van der Waals surface area contributed by atoms with Crippen molar-refractivity contribution in [2.75, 3.05) is 23.3 Å². The number of nitrogens with one attached hydrogen (secondary N) is 1. The third kappa shape index (κ3) is 4.84. The molecule has 1 N–H and O–H groups in total. The molecule has 0 atom stereocenters. The summed E-state index contributed by atoms with van der Waals surface area (Å²) >= 11 is 0. The van der Waals surface area contributed by atoms with Crippen LogP contribution in [0.2, 0.25) is 0 Å². The summed E-state index contributed by atoms with van der Waals surface area (Å²) in [6.07, 6.45) is 8.42. The van der Waals surface area contributed by atoms with Crippen LogP contribution in [0.15, 0.2) is 73.1 Å². The SMILES string of the molecule is O=C(/C=C/c1ccc(Oc2cccnc2)c(F)c1)Nc1ccccc1N1CCCC1. The van der Waals surface area contributed by atoms with E-state index in [1.165, 1.54) is 24.4 Å². The first kappa shape index (κ1) is 19.6. The van der Waals surface area contributed by atoms with Crippen molar-refractivity contribution in [3.63, 3.8) is 0 Å². The van der Waals surface area contributed by atoms with Crippen LogP contribution < -0.4 is 15.0 Å². The van der Waals surface area contributed by atoms with Crippen LogP contribution in [0.3, 0.4) is 0 Å². The summed E-state index contributed by atoms with van der Waals surface area (Å²) < 4.78 is 19.8. The summed E-state index contributed by atoms with van der Waals surface area (Å²) in [5, 5.41) is 2.92. The zero-order valence-corrected chi connectivity index (χ0v) is 16.4. The average Bonchev–Trinajstić information content (AvgIpc) is 3.30. The van der Waals surface area contributed by atoms with Crippen molar-refractivity contribution < 1.29 is 13.9 Å². The van der Waals surface area contributed by atoms with E-state index in [0.29, 0.717) is 11.3 Å². The molecule has 4 rings (SSSR count). The second kappa shape index (κ2) is 9.22. The normalized spacial score (nSPS) is 13.6. The molecule has 30 heavy (non-hydrogen) atoms. The van der Waals surface area contributed by atoms with E-state index < -0.39 is 5.82 Å². The Morgan fingerprint density at radius 3 is 2.70 bits per heavy atom. The maximum absolute atomic E-state index is 14.3. The van der Waals surface area contributed by atoms with Gasteiger partial charge in [0.15, 0.2) is 11.6 Å². The molecule has 0 unspecified atom stereocenters. The molecule has 3 aromatic rings. The highest BCUT2D eigenvalue weighted by Crippen LogP contribution is 2.29. The van der Waals surface area contributed by atoms with Crippen molar-refractivity contribution in [3.8, 4) is 11.5 Å². The number of nitrogens with zero attached hydrogens (tertiary/aromatic N) is 2. The van der Waals surface area contributed by atoms with Crippen LogP contribution in [0.4, 0.5) is 15.8 Å². The summed E-state index contributed by atoms with van der Waals surface area (Å²) in [6, 6.07) is 15.7. The van der Waals surface area contributed by atoms with Gasteiger partial charge in [-0.25, -0.2) is 4.39 Å². The van der Waals surface area contributed by atoms with Gasteiger partial charge in [0.05, 0.1) is 17.6 Å². The summed E-state index contributed by atoms with van der Waals surface area (Å²) in [5.41, 5.74) is 2.37. The van der Waals surface area contributed by atoms with E-state index in [-0.39, 0.29) is 11.7 Å². The molecule has 0 radical (unpaired) electrons. The second-order valence-electron chi connectivity index (χ2n) is 7.01. The van der Waals surface area contributed by atoms with Crippen LogP contribution in [0, 0.1) is 5.82 Å². The van der Waals surface area contributed by atoms with Crippen molar-refractivity contribution >= 4 is 23.4 Å². The number of para-hydroxylation sites is 2. The zero-order chi connectivity index (χ0) is 20.8. The fraction of sp³-hybridized carbons (Fsp3) is 0.167. The van der Waals surface area contributed by atoms with Gasteiger partial charge in [0, 0.05) is 25.4 Å². The number of carbonyl (C=O) groups excluding carboxylic acids is 1. The number of aromatic nitrogens is 1. The lowest BCUT2D eigenvalue weighted by Gasteiger charge is -2.21. The fourth-order valence-corrected chi connectivity index (χ4v) is 3.40. The summed E-state index contributed by atoms with van der Waals surface area (Å²) in [6.45, 7) is 1.99. The van der Waals surface area contributed by atoms with E-state index in [0.717, 1.165) is 37.3 Å². The molecular formula is C24H22FN3O2. The first-order valence-electron chi connectivity index (χ1n) is 9.89. The maximum atomic E-state index is 14.3. The Labute approximate surface area is 174 Å². The third-order valence-electron chi connectivity index (χ3n) is 4.85. The maximum Gasteiger partial charge on any atom is 0.248 e. The minimum Gasteiger partial charge on any atom is -0.453 e. The summed E-state index contributed by atoms with van der Waals surface area (Å²) in [7, 11) is 0. The van der Waals surface area contributed by atoms with Crippen molar-refractivity contribution in [2.24, 2.45) is 0 Å². The molecule has 0 saturated carbocycles. The number of hydrogen-bond donors (Lipinski definition) is 1. The van der Waals surface area contributed by atoms with E-state index in [4.69, 9.17) is 4.74 Å². The molecule has 152 valence electrons. The molecule has 0 bridgehead atoms. The molecule has 1 fully saturated rings. The highest BCUT2D eigenvalue weighted by Gasteiger charge is 2.16. The number of hydrogen-bond acceptors (Lipinski definition) is 4. The molecular weight excluding hydrogens is 381 g/mol. The Bertz CT molecular complexity index is 1050. The lowest BCUT2D eigenvalue weighted by molar-refractivity contribution is -0.111. The smallest absolute Gasteiger partial charge is 0.248 e. The van der Waals surface area contributed by atoms with E-state index in [1.54, 1.807) is 30.5 Å². The minimum absolute atomic E-state index is 0.101. The van der Waals surface area contributed by atoms with Gasteiger partial charge >= 0.3 is 0 Å². The van der Waals surface area contributed by atoms with Crippen LogP contribution in [0.25, 0.3) is 6.08 Å². The summed E-state index contributed by atoms with van der Waals surface area (Å²) in [5.74, 6) is -0.224. The molecule has 1 aliphatic rings. The lowest BCUT2D eigenvalue weighted by Crippen LogP contribution is -2.20. The second-order valence-corrected chi connectivity index (χ2v) is 7.01. The van der Waals surface area contributed by atoms with Crippen molar-refractivity contribution in [3.05, 3.63) is 84.4 Å². The Hall–Kier alpha value is -3.67. The van der Waals surface area contributed by atoms with Gasteiger partial charge in [-0.05, 0) is 60.9 Å². The number of ether oxygens (including phenoxy) is 1. The highest BCUT2D eigenvalue weighted by molar-refractivity contribution is 6.03. The average molecular weight is 403 g/mol. The van der Waals surface area contributed by atoms with Crippen LogP contribution in [0.1, 0.15) is 18.4 Å². The number of amides is 1. The van der Waals surface area contributed by atoms with Gasteiger partial charge in [-0.1, -0.05) is 18.2 Å². The minimum atomic E-state index is -0.513. The van der Waals surface area contributed by atoms with Crippen molar-refractivity contribution in [1.82, 2.24) is 4.98 Å². The molecule has 1 aromatic heterocycles. The number of benzene rings is 2. The van der Waals surface area contributed by atoms with Crippen molar-refractivity contribution in [1.29, 1.82) is 0 Å². The largest absolute Gasteiger partial charge is 0.453 e. The van der Waals surface area contributed by atoms with Gasteiger partial charge in [0.25, 0.3) is 0 Å². The number of carbonyl (C=O) groups is 1. The Kier molecular flexibility index (Phi) is 6.03. The molecule has 6 heteroatoms. The monoisotopic (exact) mass is 403 g/mol. The summed E-state index contributed by atoms with van der Waals surface area (Å²) in [4.78, 5) is 18.6. The lowest BCUT2D eigenvalue weighted by atomic mass is 10.2. The van der Waals surface area contributed by atoms with E-state index in [9.17, 15) is 9.18 Å². The molecule has 2 aromatic carbocycles. The van der Waals surface area contributed by atoms with E-state index >= 15 is 0 Å². The molecule has 0 spiro atoms. The third-order valence-corrected chi connectivity index (χ3v) is 4.85. The highest BCUT2D eigenvalue weighted by atomic mass is 19.1. The fourth-order valence-electron chi connectivity index (χ4n) is 3.40. The van der Waals surface area contributed by atoms with Crippen molar-refractivity contribution in [2.45, 2.75) is 12.8 Å². The molecule has 2 heterocycles. The van der Waals surface area contributed by atoms with Gasteiger partial charge in [-0.3, -0.25) is 9.78 Å². The number of anilines is 2. The van der Waals surface area contributed by atoms with Crippen LogP contribution in [0.5, 0.6) is 11.5 Å². The number of pyridine rings is 1. The van der Waals surface area contributed by atoms with E-state index in [1.807, 2.05) is 24.3 Å². The molecule has 5 nitrogen and oxygen atoms in total. The predicted octanol–water partition coefficient (Wildman–Crippen LogP) is 5.27. The van der Waals surface area contributed by atoms with Gasteiger partial charge in [-0.2, -0.15) is 0 Å². The molecule has 1 aliphatic heterocycles. The van der Waals surface area contributed by atoms with Crippen LogP contribution in [-0.2, 0) is 4.79 Å². The molecule has 1 saturated heterocycles. The van der Waals surface area contributed by atoms with Crippen LogP contribution in [-0.4, -0.2) is 24.0 Å². The standard InChI is InChI=1S/C24H22FN3O2/c25-20-16-18(9-11-23(20)30-19-6-5-13-26-17-19)10-12-24(29)27-21-7-1-2-8-22(21)28-14-3-4-15-28/h1-2,5-13,16-17H,3-4,14-15H2,(H,27,29)/b12-10+. The van der Waals surface area contributed by atoms with Gasteiger partial charge in [0.1, 0.15) is 5.75 Å². The van der Waals surface area contributed by atoms with Crippen LogP contribution >= 0.6 is 0 Å². The number of rotatable bonds is 6. The molecule has 1 amide bonds. The van der Waals surface area contributed by atoms with Gasteiger partial charge in [0.2, 0.25) is 5.91 Å². The number of halogens is 1. The Morgan fingerprint density at radius 1 is 1.10 bits per heavy atom. The van der Waals surface area contributed by atoms with Gasteiger partial charge < -0.3 is 15.0 Å². The van der Waals surface area contributed by atoms with E-state index in [2.05, 4.69) is 15.2 Å². The zero-order valence-electron chi connectivity index (χ0n) is 16.4. The molecule has 0 aliphatic carbocycles. The first-order chi connectivity index (χ1) is 14.7. The predicted molar refractivity (Wildman–Crippen MR) is 116 cm³/mol. The Morgan fingerprint density at radius 2 is 1.93 bits per heavy atom. The first-order valence-corrected chi connectivity index (χ1v) is 9.89. The Balaban J connectivity index is 1.41. The topological polar surface area (TPSA) is 54.5 Å².